The average molecular weight is 452 g/mol. The Kier molecular flexibility index (Phi) is 13.0. The van der Waals surface area contributed by atoms with Gasteiger partial charge in [-0.2, -0.15) is 0 Å². The van der Waals surface area contributed by atoms with Gasteiger partial charge in [0, 0.05) is 30.4 Å². The lowest BCUT2D eigenvalue weighted by molar-refractivity contribution is -0.197. The molecule has 0 bridgehead atoms. The van der Waals surface area contributed by atoms with Crippen molar-refractivity contribution in [3.63, 3.8) is 0 Å². The monoisotopic (exact) mass is 452 g/mol. The SMILES string of the molecule is C=CC(=O)OCC(O)C(OC(=O)C=C)C(OC(=O)C=C)C(COC(=O)C=C)OC(=O)C=C. The van der Waals surface area contributed by atoms with E-state index in [-0.39, 0.29) is 0 Å². The fourth-order valence-electron chi connectivity index (χ4n) is 2.02. The normalized spacial score (nSPS) is 13.5. The first kappa shape index (κ1) is 28.0. The average Bonchev–Trinajstić information content (AvgIpc) is 2.80. The summed E-state index contributed by atoms with van der Waals surface area (Å²) in [5, 5.41) is 10.5. The van der Waals surface area contributed by atoms with Crippen molar-refractivity contribution in [1.82, 2.24) is 0 Å². The maximum absolute atomic E-state index is 11.9. The van der Waals surface area contributed by atoms with Gasteiger partial charge in [0.2, 0.25) is 0 Å². The van der Waals surface area contributed by atoms with E-state index in [1.54, 1.807) is 0 Å². The van der Waals surface area contributed by atoms with Crippen molar-refractivity contribution >= 4 is 29.8 Å². The van der Waals surface area contributed by atoms with Crippen LogP contribution >= 0.6 is 0 Å². The van der Waals surface area contributed by atoms with Crippen molar-refractivity contribution in [3.05, 3.63) is 63.3 Å². The highest BCUT2D eigenvalue weighted by Crippen LogP contribution is 2.19. The van der Waals surface area contributed by atoms with Crippen molar-refractivity contribution < 1.29 is 52.8 Å². The summed E-state index contributed by atoms with van der Waals surface area (Å²) in [6, 6.07) is 0. The van der Waals surface area contributed by atoms with Gasteiger partial charge in [-0.25, -0.2) is 24.0 Å². The zero-order valence-corrected chi connectivity index (χ0v) is 17.2. The molecule has 0 saturated carbocycles. The number of carbonyl (C=O) groups is 5. The van der Waals surface area contributed by atoms with Crippen LogP contribution in [0.2, 0.25) is 0 Å². The highest BCUT2D eigenvalue weighted by Gasteiger charge is 2.42. The maximum atomic E-state index is 11.9. The Hall–Kier alpha value is -3.99. The minimum absolute atomic E-state index is 0.708. The van der Waals surface area contributed by atoms with E-state index < -0.39 is 67.5 Å². The van der Waals surface area contributed by atoms with Crippen LogP contribution in [0.25, 0.3) is 0 Å². The van der Waals surface area contributed by atoms with Gasteiger partial charge in [0.1, 0.15) is 19.3 Å². The van der Waals surface area contributed by atoms with Crippen LogP contribution in [0.15, 0.2) is 63.3 Å². The molecule has 0 heterocycles. The molecule has 0 spiro atoms. The Bertz CT molecular complexity index is 768. The summed E-state index contributed by atoms with van der Waals surface area (Å²) in [6.07, 6.45) is -3.08. The molecule has 4 unspecified atom stereocenters. The highest BCUT2D eigenvalue weighted by atomic mass is 16.6. The minimum Gasteiger partial charge on any atom is -0.460 e. The third-order valence-electron chi connectivity index (χ3n) is 3.46. The second-order valence-electron chi connectivity index (χ2n) is 5.63. The number of hydrogen-bond donors (Lipinski definition) is 1. The molecule has 0 amide bonds. The zero-order chi connectivity index (χ0) is 24.7. The summed E-state index contributed by atoms with van der Waals surface area (Å²) in [4.78, 5) is 58.3. The Labute approximate surface area is 184 Å². The summed E-state index contributed by atoms with van der Waals surface area (Å²) in [5.74, 6) is -4.99. The third kappa shape index (κ3) is 10.2. The van der Waals surface area contributed by atoms with Crippen molar-refractivity contribution in [2.24, 2.45) is 0 Å². The Morgan fingerprint density at radius 2 is 0.969 bits per heavy atom. The van der Waals surface area contributed by atoms with Crippen molar-refractivity contribution in [2.45, 2.75) is 24.4 Å². The molecule has 0 aromatic heterocycles. The number of hydrogen-bond acceptors (Lipinski definition) is 11. The number of esters is 5. The van der Waals surface area contributed by atoms with Gasteiger partial charge in [-0.1, -0.05) is 32.9 Å². The molecule has 0 rings (SSSR count). The van der Waals surface area contributed by atoms with Gasteiger partial charge in [0.25, 0.3) is 0 Å². The van der Waals surface area contributed by atoms with E-state index >= 15 is 0 Å². The third-order valence-corrected chi connectivity index (χ3v) is 3.46. The Balaban J connectivity index is 6.20. The molecule has 0 aliphatic heterocycles. The van der Waals surface area contributed by atoms with Gasteiger partial charge in [-0.3, -0.25) is 0 Å². The molecule has 0 radical (unpaired) electrons. The number of carbonyl (C=O) groups excluding carboxylic acids is 5. The topological polar surface area (TPSA) is 152 Å². The van der Waals surface area contributed by atoms with Crippen LogP contribution in [-0.4, -0.2) is 72.6 Å². The number of rotatable bonds is 15. The van der Waals surface area contributed by atoms with Crippen LogP contribution in [0.1, 0.15) is 0 Å². The van der Waals surface area contributed by atoms with Gasteiger partial charge in [0.05, 0.1) is 0 Å². The molecule has 11 nitrogen and oxygen atoms in total. The fraction of sp³-hybridized carbons (Fsp3) is 0.286. The van der Waals surface area contributed by atoms with E-state index in [1.165, 1.54) is 0 Å². The molecule has 0 saturated heterocycles. The number of aliphatic hydroxyl groups is 1. The minimum atomic E-state index is -1.80. The molecule has 11 heteroatoms. The maximum Gasteiger partial charge on any atom is 0.330 e. The molecule has 4 atom stereocenters. The van der Waals surface area contributed by atoms with Gasteiger partial charge >= 0.3 is 29.8 Å². The van der Waals surface area contributed by atoms with Gasteiger partial charge in [-0.15, -0.1) is 0 Å². The van der Waals surface area contributed by atoms with Crippen molar-refractivity contribution in [3.8, 4) is 0 Å². The van der Waals surface area contributed by atoms with E-state index in [1.807, 2.05) is 0 Å². The lowest BCUT2D eigenvalue weighted by Gasteiger charge is -2.33. The van der Waals surface area contributed by atoms with Gasteiger partial charge in [0.15, 0.2) is 18.3 Å². The molecule has 0 aromatic rings. The molecule has 1 N–H and O–H groups in total. The molecular formula is C21H24O11. The smallest absolute Gasteiger partial charge is 0.330 e. The molecular weight excluding hydrogens is 428 g/mol. The molecule has 0 aliphatic rings. The first-order valence-electron chi connectivity index (χ1n) is 8.89. The predicted molar refractivity (Wildman–Crippen MR) is 109 cm³/mol. The summed E-state index contributed by atoms with van der Waals surface area (Å²) in [7, 11) is 0. The lowest BCUT2D eigenvalue weighted by atomic mass is 10.0. The summed E-state index contributed by atoms with van der Waals surface area (Å²) in [5.41, 5.74) is 0. The van der Waals surface area contributed by atoms with E-state index in [2.05, 4.69) is 32.9 Å². The van der Waals surface area contributed by atoms with Crippen LogP contribution in [0.5, 0.6) is 0 Å². The van der Waals surface area contributed by atoms with Crippen molar-refractivity contribution in [2.75, 3.05) is 13.2 Å². The van der Waals surface area contributed by atoms with Gasteiger partial charge in [-0.05, 0) is 0 Å². The summed E-state index contributed by atoms with van der Waals surface area (Å²) < 4.78 is 24.8. The van der Waals surface area contributed by atoms with Crippen LogP contribution in [0.3, 0.4) is 0 Å². The highest BCUT2D eigenvalue weighted by molar-refractivity contribution is 5.83. The van der Waals surface area contributed by atoms with E-state index in [0.29, 0.717) is 0 Å². The van der Waals surface area contributed by atoms with Crippen LogP contribution in [-0.2, 0) is 47.7 Å². The standard InChI is InChI=1S/C21H24O11/c1-6-15(23)28-11-13(22)20(31-18(26)9-4)21(32-19(27)10-5)14(30-17(25)8-3)12-29-16(24)7-2/h6-10,13-14,20-22H,1-5,11-12H2. The second-order valence-corrected chi connectivity index (χ2v) is 5.63. The molecule has 0 aliphatic carbocycles. The van der Waals surface area contributed by atoms with E-state index in [4.69, 9.17) is 23.7 Å². The quantitative estimate of drug-likeness (QED) is 0.204. The number of aliphatic hydroxyl groups excluding tert-OH is 1. The first-order valence-corrected chi connectivity index (χ1v) is 8.89. The summed E-state index contributed by atoms with van der Waals surface area (Å²) in [6.45, 7) is 14.6. The van der Waals surface area contributed by atoms with E-state index in [0.717, 1.165) is 30.4 Å². The lowest BCUT2D eigenvalue weighted by Crippen LogP contribution is -2.53. The Morgan fingerprint density at radius 1 is 0.594 bits per heavy atom. The predicted octanol–water partition coefficient (Wildman–Crippen LogP) is 0.0991. The van der Waals surface area contributed by atoms with Crippen LogP contribution < -0.4 is 0 Å². The molecule has 0 aromatic carbocycles. The van der Waals surface area contributed by atoms with Crippen LogP contribution in [0, 0.1) is 0 Å². The number of ether oxygens (including phenoxy) is 5. The van der Waals surface area contributed by atoms with Crippen molar-refractivity contribution in [1.29, 1.82) is 0 Å². The first-order chi connectivity index (χ1) is 15.1. The van der Waals surface area contributed by atoms with E-state index in [9.17, 15) is 29.1 Å². The largest absolute Gasteiger partial charge is 0.460 e. The second kappa shape index (κ2) is 14.9. The molecule has 174 valence electrons. The van der Waals surface area contributed by atoms with Crippen LogP contribution in [0.4, 0.5) is 0 Å². The van der Waals surface area contributed by atoms with Gasteiger partial charge < -0.3 is 28.8 Å². The molecule has 0 fully saturated rings. The summed E-state index contributed by atoms with van der Waals surface area (Å²) >= 11 is 0. The fourth-order valence-corrected chi connectivity index (χ4v) is 2.02. The Morgan fingerprint density at radius 3 is 1.41 bits per heavy atom. The molecule has 32 heavy (non-hydrogen) atoms. The zero-order valence-electron chi connectivity index (χ0n) is 17.2.